The summed E-state index contributed by atoms with van der Waals surface area (Å²) in [4.78, 5) is 38.2. The molecule has 0 radical (unpaired) electrons. The zero-order valence-corrected chi connectivity index (χ0v) is 53.2. The Hall–Kier alpha value is -2.63. The van der Waals surface area contributed by atoms with Crippen molar-refractivity contribution in [2.75, 3.05) is 13.2 Å². The fourth-order valence-corrected chi connectivity index (χ4v) is 10.6. The third-order valence-electron chi connectivity index (χ3n) is 15.9. The van der Waals surface area contributed by atoms with E-state index < -0.39 is 6.10 Å². The van der Waals surface area contributed by atoms with Crippen LogP contribution >= 0.6 is 0 Å². The van der Waals surface area contributed by atoms with E-state index in [0.29, 0.717) is 19.3 Å². The molecule has 0 rings (SSSR count). The number of carbonyl (C=O) groups excluding carboxylic acids is 3. The van der Waals surface area contributed by atoms with Gasteiger partial charge in [0.2, 0.25) is 0 Å². The van der Waals surface area contributed by atoms with Gasteiger partial charge in [-0.25, -0.2) is 0 Å². The number of ether oxygens (including phenoxy) is 3. The lowest BCUT2D eigenvalue weighted by molar-refractivity contribution is -0.166. The van der Waals surface area contributed by atoms with Gasteiger partial charge in [0.25, 0.3) is 0 Å². The molecule has 0 saturated heterocycles. The van der Waals surface area contributed by atoms with Gasteiger partial charge in [0.1, 0.15) is 13.2 Å². The number of unbranched alkanes of at least 4 members (excludes halogenated alkanes) is 46. The van der Waals surface area contributed by atoms with Gasteiger partial charge in [-0.05, 0) is 44.9 Å². The van der Waals surface area contributed by atoms with E-state index in [4.69, 9.17) is 14.2 Å². The van der Waals surface area contributed by atoms with Crippen molar-refractivity contribution < 1.29 is 28.6 Å². The van der Waals surface area contributed by atoms with Crippen LogP contribution in [0, 0.1) is 0 Å². The molecule has 6 nitrogen and oxygen atoms in total. The normalized spacial score (nSPS) is 12.3. The molecule has 0 aliphatic carbocycles. The smallest absolute Gasteiger partial charge is 0.306 e. The van der Waals surface area contributed by atoms with Crippen molar-refractivity contribution in [3.8, 4) is 0 Å². The molecular weight excluding hydrogens is 973 g/mol. The molecule has 0 saturated carbocycles. The first-order chi connectivity index (χ1) is 39.0. The van der Waals surface area contributed by atoms with Crippen LogP contribution in [-0.2, 0) is 28.6 Å². The highest BCUT2D eigenvalue weighted by atomic mass is 16.6. The lowest BCUT2D eigenvalue weighted by atomic mass is 10.0. The fraction of sp³-hybridized carbons (Fsp3) is 0.849. The summed E-state index contributed by atoms with van der Waals surface area (Å²) < 4.78 is 16.8. The van der Waals surface area contributed by atoms with Crippen LogP contribution in [0.15, 0.2) is 48.6 Å². The van der Waals surface area contributed by atoms with Gasteiger partial charge in [-0.2, -0.15) is 0 Å². The highest BCUT2D eigenvalue weighted by Crippen LogP contribution is 2.19. The molecule has 0 amide bonds. The van der Waals surface area contributed by atoms with Gasteiger partial charge in [-0.1, -0.05) is 365 Å². The van der Waals surface area contributed by atoms with Crippen LogP contribution in [0.2, 0.25) is 0 Å². The van der Waals surface area contributed by atoms with E-state index in [2.05, 4.69) is 63.3 Å². The number of rotatable bonds is 65. The summed E-state index contributed by atoms with van der Waals surface area (Å²) in [6.07, 6.45) is 86.2. The van der Waals surface area contributed by atoms with Crippen molar-refractivity contribution in [3.05, 3.63) is 48.6 Å². The van der Waals surface area contributed by atoms with Gasteiger partial charge in [0, 0.05) is 19.3 Å². The second-order valence-electron chi connectivity index (χ2n) is 23.8. The summed E-state index contributed by atoms with van der Waals surface area (Å²) in [5, 5.41) is 0. The maximum Gasteiger partial charge on any atom is 0.306 e. The zero-order valence-electron chi connectivity index (χ0n) is 53.2. The van der Waals surface area contributed by atoms with Crippen molar-refractivity contribution in [2.24, 2.45) is 0 Å². The second-order valence-corrected chi connectivity index (χ2v) is 23.8. The van der Waals surface area contributed by atoms with Gasteiger partial charge >= 0.3 is 17.9 Å². The summed E-state index contributed by atoms with van der Waals surface area (Å²) in [5.41, 5.74) is 0. The minimum absolute atomic E-state index is 0.0970. The molecule has 0 aliphatic rings. The van der Waals surface area contributed by atoms with E-state index >= 15 is 0 Å². The molecule has 0 N–H and O–H groups in total. The molecule has 0 spiro atoms. The van der Waals surface area contributed by atoms with Crippen LogP contribution in [0.4, 0.5) is 0 Å². The average Bonchev–Trinajstić information content (AvgIpc) is 3.45. The average molecular weight is 1110 g/mol. The zero-order chi connectivity index (χ0) is 57.1. The van der Waals surface area contributed by atoms with Gasteiger partial charge < -0.3 is 14.2 Å². The Bertz CT molecular complexity index is 1360. The molecule has 0 fully saturated rings. The van der Waals surface area contributed by atoms with Gasteiger partial charge in [0.05, 0.1) is 0 Å². The lowest BCUT2D eigenvalue weighted by Gasteiger charge is -2.18. The number of allylic oxidation sites excluding steroid dienone is 8. The molecule has 79 heavy (non-hydrogen) atoms. The van der Waals surface area contributed by atoms with Crippen molar-refractivity contribution in [3.63, 3.8) is 0 Å². The minimum Gasteiger partial charge on any atom is -0.462 e. The summed E-state index contributed by atoms with van der Waals surface area (Å²) in [7, 11) is 0. The monoisotopic (exact) mass is 1110 g/mol. The molecular formula is C73H134O6. The van der Waals surface area contributed by atoms with E-state index in [1.807, 2.05) is 6.08 Å². The van der Waals surface area contributed by atoms with Crippen molar-refractivity contribution >= 4 is 17.9 Å². The molecule has 0 aliphatic heterocycles. The Kier molecular flexibility index (Phi) is 65.6. The lowest BCUT2D eigenvalue weighted by Crippen LogP contribution is -2.30. The van der Waals surface area contributed by atoms with Crippen molar-refractivity contribution in [1.82, 2.24) is 0 Å². The Morgan fingerprint density at radius 2 is 0.494 bits per heavy atom. The van der Waals surface area contributed by atoms with Crippen molar-refractivity contribution in [2.45, 2.75) is 386 Å². The SMILES string of the molecule is CC/C=C\C/C=C\C/C=C\C/C=C\CCC(=O)OC(COC(=O)CCCCCCCCCCCCCCC)COC(=O)CCCCCCCCCCCCCCCCCCCCCCCCCCCCCCCCCCCCC. The quantitative estimate of drug-likeness (QED) is 0.0261. The highest BCUT2D eigenvalue weighted by molar-refractivity contribution is 5.71. The molecule has 1 atom stereocenters. The standard InChI is InChI=1S/C73H134O6/c1-4-7-10-13-16-19-22-25-26-27-28-29-30-31-32-33-34-35-36-37-38-39-40-41-42-43-44-45-46-49-51-54-57-60-63-66-72(75)78-69-70(79-73(76)67-64-61-58-55-52-48-24-21-18-15-12-9-6-3)68-77-71(74)65-62-59-56-53-50-47-23-20-17-14-11-8-5-2/h9,12,18,21,48,52,58,61,70H,4-8,10-11,13-17,19-20,22-47,49-51,53-57,59-60,62-69H2,1-3H3/b12-9-,21-18-,52-48-,61-58-. The largest absolute Gasteiger partial charge is 0.462 e. The highest BCUT2D eigenvalue weighted by Gasteiger charge is 2.19. The second kappa shape index (κ2) is 67.9. The molecule has 0 heterocycles. The van der Waals surface area contributed by atoms with Crippen LogP contribution < -0.4 is 0 Å². The maximum atomic E-state index is 12.8. The van der Waals surface area contributed by atoms with E-state index in [-0.39, 0.29) is 37.5 Å². The molecule has 0 bridgehead atoms. The number of hydrogen-bond acceptors (Lipinski definition) is 6. The summed E-state index contributed by atoms with van der Waals surface area (Å²) in [6.45, 7) is 6.52. The molecule has 6 heteroatoms. The molecule has 0 aromatic heterocycles. The van der Waals surface area contributed by atoms with E-state index in [1.54, 1.807) is 0 Å². The van der Waals surface area contributed by atoms with Crippen LogP contribution in [0.3, 0.4) is 0 Å². The third-order valence-corrected chi connectivity index (χ3v) is 15.9. The van der Waals surface area contributed by atoms with Crippen molar-refractivity contribution in [1.29, 1.82) is 0 Å². The third kappa shape index (κ3) is 66.1. The molecule has 0 aromatic rings. The molecule has 462 valence electrons. The Balaban J connectivity index is 4.03. The van der Waals surface area contributed by atoms with E-state index in [0.717, 1.165) is 64.2 Å². The molecule has 1 unspecified atom stereocenters. The minimum atomic E-state index is -0.808. The summed E-state index contributed by atoms with van der Waals surface area (Å²) in [6, 6.07) is 0. The Labute approximate surface area is 492 Å². The molecule has 0 aromatic carbocycles. The number of hydrogen-bond donors (Lipinski definition) is 0. The predicted octanol–water partition coefficient (Wildman–Crippen LogP) is 24.1. The first-order valence-electron chi connectivity index (χ1n) is 35.1. The Morgan fingerprint density at radius 3 is 0.747 bits per heavy atom. The maximum absolute atomic E-state index is 12.8. The van der Waals surface area contributed by atoms with Crippen LogP contribution in [-0.4, -0.2) is 37.2 Å². The van der Waals surface area contributed by atoms with Crippen LogP contribution in [0.25, 0.3) is 0 Å². The van der Waals surface area contributed by atoms with Crippen LogP contribution in [0.5, 0.6) is 0 Å². The van der Waals surface area contributed by atoms with Gasteiger partial charge in [0.15, 0.2) is 6.10 Å². The number of esters is 3. The Morgan fingerprint density at radius 1 is 0.266 bits per heavy atom. The fourth-order valence-electron chi connectivity index (χ4n) is 10.6. The summed E-state index contributed by atoms with van der Waals surface area (Å²) in [5.74, 6) is -0.958. The van der Waals surface area contributed by atoms with Crippen LogP contribution in [0.1, 0.15) is 380 Å². The van der Waals surface area contributed by atoms with E-state index in [1.165, 1.54) is 270 Å². The first kappa shape index (κ1) is 76.4. The van der Waals surface area contributed by atoms with Gasteiger partial charge in [-0.3, -0.25) is 14.4 Å². The predicted molar refractivity (Wildman–Crippen MR) is 344 cm³/mol. The van der Waals surface area contributed by atoms with Gasteiger partial charge in [-0.15, -0.1) is 0 Å². The topological polar surface area (TPSA) is 78.9 Å². The first-order valence-corrected chi connectivity index (χ1v) is 35.1. The van der Waals surface area contributed by atoms with E-state index in [9.17, 15) is 14.4 Å². The summed E-state index contributed by atoms with van der Waals surface area (Å²) >= 11 is 0. The number of carbonyl (C=O) groups is 3.